The molecule has 94 valence electrons. The molecule has 0 amide bonds. The number of aromatic nitrogens is 2. The third-order valence-corrected chi connectivity index (χ3v) is 3.63. The monoisotopic (exact) mass is 234 g/mol. The molecule has 4 heteroatoms. The fraction of sp³-hybridized carbons (Fsp3) is 0.692. The Balaban J connectivity index is 2.02. The molecule has 1 saturated carbocycles. The van der Waals surface area contributed by atoms with Crippen molar-refractivity contribution in [1.29, 1.82) is 0 Å². The van der Waals surface area contributed by atoms with Crippen molar-refractivity contribution in [2.75, 3.05) is 11.9 Å². The van der Waals surface area contributed by atoms with Gasteiger partial charge in [0.05, 0.1) is 0 Å². The van der Waals surface area contributed by atoms with Gasteiger partial charge in [0.15, 0.2) is 0 Å². The Kier molecular flexibility index (Phi) is 4.31. The van der Waals surface area contributed by atoms with Crippen LogP contribution in [0.15, 0.2) is 12.4 Å². The number of aryl methyl sites for hydroxylation is 1. The number of anilines is 1. The first-order valence-electron chi connectivity index (χ1n) is 6.61. The number of nitrogens with zero attached hydrogens (tertiary/aromatic N) is 2. The smallest absolute Gasteiger partial charge is 0.129 e. The summed E-state index contributed by atoms with van der Waals surface area (Å²) in [6.07, 6.45) is 7.63. The molecule has 4 nitrogen and oxygen atoms in total. The van der Waals surface area contributed by atoms with Gasteiger partial charge in [0.25, 0.3) is 0 Å². The lowest BCUT2D eigenvalue weighted by Gasteiger charge is -2.31. The van der Waals surface area contributed by atoms with Crippen molar-refractivity contribution in [2.24, 2.45) is 11.7 Å². The van der Waals surface area contributed by atoms with Gasteiger partial charge in [-0.25, -0.2) is 9.97 Å². The summed E-state index contributed by atoms with van der Waals surface area (Å²) in [6.45, 7) is 2.87. The molecule has 0 spiro atoms. The van der Waals surface area contributed by atoms with Crippen molar-refractivity contribution < 1.29 is 0 Å². The molecule has 3 N–H and O–H groups in total. The molecule has 1 aliphatic rings. The summed E-state index contributed by atoms with van der Waals surface area (Å²) >= 11 is 0. The lowest BCUT2D eigenvalue weighted by atomic mass is 9.84. The average molecular weight is 234 g/mol. The molecule has 1 heterocycles. The first-order valence-corrected chi connectivity index (χ1v) is 6.61. The van der Waals surface area contributed by atoms with Crippen LogP contribution in [0.2, 0.25) is 0 Å². The molecular weight excluding hydrogens is 212 g/mol. The highest BCUT2D eigenvalue weighted by Crippen LogP contribution is 2.26. The van der Waals surface area contributed by atoms with Crippen LogP contribution in [0.25, 0.3) is 0 Å². The molecular formula is C13H22N4. The van der Waals surface area contributed by atoms with E-state index in [1.54, 1.807) is 6.33 Å². The molecule has 1 aromatic heterocycles. The van der Waals surface area contributed by atoms with Gasteiger partial charge in [-0.15, -0.1) is 0 Å². The highest BCUT2D eigenvalue weighted by molar-refractivity contribution is 5.36. The van der Waals surface area contributed by atoms with E-state index in [1.807, 2.05) is 6.07 Å². The Morgan fingerprint density at radius 2 is 2.18 bits per heavy atom. The third kappa shape index (κ3) is 3.16. The molecule has 0 aliphatic heterocycles. The van der Waals surface area contributed by atoms with Gasteiger partial charge >= 0.3 is 0 Å². The Hall–Kier alpha value is -1.16. The summed E-state index contributed by atoms with van der Waals surface area (Å²) in [6, 6.07) is 2.52. The van der Waals surface area contributed by atoms with Crippen molar-refractivity contribution in [3.05, 3.63) is 18.1 Å². The van der Waals surface area contributed by atoms with Crippen LogP contribution in [0.3, 0.4) is 0 Å². The standard InChI is InChI=1S/C13H22N4/c1-2-11-7-13(16-9-15-11)17-12-6-4-3-5-10(12)8-14/h7,9-10,12H,2-6,8,14H2,1H3,(H,15,16,17). The van der Waals surface area contributed by atoms with Crippen molar-refractivity contribution in [3.8, 4) is 0 Å². The zero-order valence-electron chi connectivity index (χ0n) is 10.5. The predicted molar refractivity (Wildman–Crippen MR) is 69.8 cm³/mol. The summed E-state index contributed by atoms with van der Waals surface area (Å²) < 4.78 is 0. The maximum absolute atomic E-state index is 5.83. The highest BCUT2D eigenvalue weighted by atomic mass is 15.0. The lowest BCUT2D eigenvalue weighted by molar-refractivity contribution is 0.332. The van der Waals surface area contributed by atoms with Crippen LogP contribution in [0, 0.1) is 5.92 Å². The molecule has 0 radical (unpaired) electrons. The summed E-state index contributed by atoms with van der Waals surface area (Å²) in [4.78, 5) is 8.50. The second-order valence-electron chi connectivity index (χ2n) is 4.78. The minimum Gasteiger partial charge on any atom is -0.367 e. The minimum atomic E-state index is 0.480. The maximum atomic E-state index is 5.83. The van der Waals surface area contributed by atoms with Crippen LogP contribution in [0.5, 0.6) is 0 Å². The Bertz CT molecular complexity index is 353. The maximum Gasteiger partial charge on any atom is 0.129 e. The van der Waals surface area contributed by atoms with Gasteiger partial charge < -0.3 is 11.1 Å². The number of hydrogen-bond donors (Lipinski definition) is 2. The molecule has 0 saturated heterocycles. The normalized spacial score (nSPS) is 24.6. The van der Waals surface area contributed by atoms with Gasteiger partial charge in [0.1, 0.15) is 12.1 Å². The third-order valence-electron chi connectivity index (χ3n) is 3.63. The number of nitrogens with two attached hydrogens (primary N) is 1. The van der Waals surface area contributed by atoms with Gasteiger partial charge in [-0.3, -0.25) is 0 Å². The van der Waals surface area contributed by atoms with E-state index < -0.39 is 0 Å². The van der Waals surface area contributed by atoms with E-state index in [1.165, 1.54) is 25.7 Å². The second-order valence-corrected chi connectivity index (χ2v) is 4.78. The van der Waals surface area contributed by atoms with E-state index in [2.05, 4.69) is 22.2 Å². The Morgan fingerprint density at radius 3 is 2.94 bits per heavy atom. The minimum absolute atomic E-state index is 0.480. The summed E-state index contributed by atoms with van der Waals surface area (Å²) in [5.41, 5.74) is 6.92. The Labute approximate surface area is 103 Å². The van der Waals surface area contributed by atoms with Crippen molar-refractivity contribution >= 4 is 5.82 Å². The van der Waals surface area contributed by atoms with Crippen LogP contribution in [0.1, 0.15) is 38.3 Å². The molecule has 2 unspecified atom stereocenters. The van der Waals surface area contributed by atoms with Crippen molar-refractivity contribution in [1.82, 2.24) is 9.97 Å². The topological polar surface area (TPSA) is 63.8 Å². The van der Waals surface area contributed by atoms with Gasteiger partial charge in [-0.05, 0) is 31.7 Å². The van der Waals surface area contributed by atoms with E-state index in [9.17, 15) is 0 Å². The van der Waals surface area contributed by atoms with E-state index in [4.69, 9.17) is 5.73 Å². The molecule has 1 aliphatic carbocycles. The summed E-state index contributed by atoms with van der Waals surface area (Å²) in [5, 5.41) is 3.53. The van der Waals surface area contributed by atoms with Crippen LogP contribution in [-0.4, -0.2) is 22.6 Å². The van der Waals surface area contributed by atoms with Crippen LogP contribution in [0.4, 0.5) is 5.82 Å². The molecule has 0 bridgehead atoms. The second kappa shape index (κ2) is 5.96. The number of hydrogen-bond acceptors (Lipinski definition) is 4. The number of rotatable bonds is 4. The first kappa shape index (κ1) is 12.3. The Morgan fingerprint density at radius 1 is 1.35 bits per heavy atom. The molecule has 2 atom stereocenters. The van der Waals surface area contributed by atoms with Crippen LogP contribution < -0.4 is 11.1 Å². The molecule has 1 aromatic rings. The van der Waals surface area contributed by atoms with Gasteiger partial charge in [-0.2, -0.15) is 0 Å². The van der Waals surface area contributed by atoms with Crippen LogP contribution >= 0.6 is 0 Å². The van der Waals surface area contributed by atoms with E-state index in [-0.39, 0.29) is 0 Å². The van der Waals surface area contributed by atoms with E-state index in [0.717, 1.165) is 24.5 Å². The van der Waals surface area contributed by atoms with Crippen molar-refractivity contribution in [2.45, 2.75) is 45.1 Å². The fourth-order valence-corrected chi connectivity index (χ4v) is 2.54. The lowest BCUT2D eigenvalue weighted by Crippen LogP contribution is -2.37. The van der Waals surface area contributed by atoms with E-state index >= 15 is 0 Å². The zero-order valence-corrected chi connectivity index (χ0v) is 10.5. The van der Waals surface area contributed by atoms with Gasteiger partial charge in [0.2, 0.25) is 0 Å². The van der Waals surface area contributed by atoms with Crippen LogP contribution in [-0.2, 0) is 6.42 Å². The molecule has 0 aromatic carbocycles. The van der Waals surface area contributed by atoms with Gasteiger partial charge in [0, 0.05) is 17.8 Å². The van der Waals surface area contributed by atoms with E-state index in [0.29, 0.717) is 12.0 Å². The summed E-state index contributed by atoms with van der Waals surface area (Å²) in [5.74, 6) is 1.53. The van der Waals surface area contributed by atoms with Crippen molar-refractivity contribution in [3.63, 3.8) is 0 Å². The zero-order chi connectivity index (χ0) is 12.1. The molecule has 1 fully saturated rings. The summed E-state index contributed by atoms with van der Waals surface area (Å²) in [7, 11) is 0. The molecule has 17 heavy (non-hydrogen) atoms. The first-order chi connectivity index (χ1) is 8.33. The highest BCUT2D eigenvalue weighted by Gasteiger charge is 2.23. The molecule has 2 rings (SSSR count). The largest absolute Gasteiger partial charge is 0.367 e. The van der Waals surface area contributed by atoms with Gasteiger partial charge in [-0.1, -0.05) is 19.8 Å². The fourth-order valence-electron chi connectivity index (χ4n) is 2.54. The predicted octanol–water partition coefficient (Wildman–Crippen LogP) is 1.97. The SMILES string of the molecule is CCc1cc(NC2CCCCC2CN)ncn1. The number of nitrogens with one attached hydrogen (secondary N) is 1. The quantitative estimate of drug-likeness (QED) is 0.836. The average Bonchev–Trinajstić information content (AvgIpc) is 2.39.